The number of sulfonamides is 1. The van der Waals surface area contributed by atoms with Crippen LogP contribution in [-0.2, 0) is 16.6 Å². The fourth-order valence-corrected chi connectivity index (χ4v) is 2.90. The molecule has 0 aromatic carbocycles. The van der Waals surface area contributed by atoms with Crippen LogP contribution in [0, 0.1) is 6.92 Å². The number of hydrogen-bond acceptors (Lipinski definition) is 4. The molecule has 0 radical (unpaired) electrons. The second-order valence-electron chi connectivity index (χ2n) is 4.28. The van der Waals surface area contributed by atoms with Crippen LogP contribution < -0.4 is 10.0 Å². The molecule has 0 amide bonds. The number of aryl methyl sites for hydroxylation is 1. The van der Waals surface area contributed by atoms with Crippen molar-refractivity contribution in [1.29, 1.82) is 0 Å². The van der Waals surface area contributed by atoms with Crippen molar-refractivity contribution in [3.63, 3.8) is 0 Å². The van der Waals surface area contributed by atoms with Gasteiger partial charge in [-0.1, -0.05) is 0 Å². The summed E-state index contributed by atoms with van der Waals surface area (Å²) in [6.45, 7) is 1.59. The van der Waals surface area contributed by atoms with Gasteiger partial charge in [-0.05, 0) is 20.4 Å². The Kier molecular flexibility index (Phi) is 5.60. The number of halogens is 3. The lowest BCUT2D eigenvalue weighted by Crippen LogP contribution is -2.26. The van der Waals surface area contributed by atoms with Gasteiger partial charge in [-0.3, -0.25) is 0 Å². The Morgan fingerprint density at radius 1 is 1.35 bits per heavy atom. The van der Waals surface area contributed by atoms with Crippen LogP contribution >= 0.6 is 0 Å². The van der Waals surface area contributed by atoms with Gasteiger partial charge in [0.1, 0.15) is 16.4 Å². The van der Waals surface area contributed by atoms with Gasteiger partial charge in [0.2, 0.25) is 10.0 Å². The average Bonchev–Trinajstić information content (AvgIpc) is 2.66. The molecule has 0 unspecified atom stereocenters. The molecule has 116 valence electrons. The van der Waals surface area contributed by atoms with Crippen molar-refractivity contribution < 1.29 is 26.0 Å². The number of hydrogen-bond donors (Lipinski definition) is 2. The molecular formula is C11H17F3N2O3S. The zero-order valence-corrected chi connectivity index (χ0v) is 12.0. The zero-order valence-electron chi connectivity index (χ0n) is 11.2. The lowest BCUT2D eigenvalue weighted by atomic mass is 10.3. The summed E-state index contributed by atoms with van der Waals surface area (Å²) < 4.78 is 67.1. The van der Waals surface area contributed by atoms with Gasteiger partial charge in [-0.2, -0.15) is 13.2 Å². The minimum Gasteiger partial charge on any atom is -0.464 e. The van der Waals surface area contributed by atoms with Crippen molar-refractivity contribution in [2.45, 2.75) is 37.4 Å². The molecule has 2 N–H and O–H groups in total. The number of rotatable bonds is 7. The zero-order chi connectivity index (χ0) is 15.4. The lowest BCUT2D eigenvalue weighted by molar-refractivity contribution is -0.135. The molecule has 0 aliphatic carbocycles. The number of nitrogens with one attached hydrogen (secondary N) is 2. The third-order valence-corrected chi connectivity index (χ3v) is 4.06. The van der Waals surface area contributed by atoms with Gasteiger partial charge in [0, 0.05) is 19.0 Å². The van der Waals surface area contributed by atoms with E-state index in [9.17, 15) is 21.6 Å². The van der Waals surface area contributed by atoms with Crippen molar-refractivity contribution in [3.05, 3.63) is 17.6 Å². The topological polar surface area (TPSA) is 71.3 Å². The first kappa shape index (κ1) is 17.0. The first-order valence-corrected chi connectivity index (χ1v) is 7.44. The highest BCUT2D eigenvalue weighted by Crippen LogP contribution is 2.22. The van der Waals surface area contributed by atoms with Gasteiger partial charge in [0.25, 0.3) is 0 Å². The van der Waals surface area contributed by atoms with Crippen LogP contribution in [0.4, 0.5) is 13.2 Å². The van der Waals surface area contributed by atoms with Gasteiger partial charge < -0.3 is 9.73 Å². The third kappa shape index (κ3) is 5.14. The first-order valence-electron chi connectivity index (χ1n) is 5.96. The van der Waals surface area contributed by atoms with E-state index in [2.05, 4.69) is 10.0 Å². The van der Waals surface area contributed by atoms with Crippen molar-refractivity contribution >= 4 is 10.0 Å². The maximum Gasteiger partial charge on any atom is 0.389 e. The highest BCUT2D eigenvalue weighted by Gasteiger charge is 2.27. The van der Waals surface area contributed by atoms with Crippen LogP contribution in [0.1, 0.15) is 24.4 Å². The fourth-order valence-electron chi connectivity index (χ4n) is 1.63. The Balaban J connectivity index is 2.64. The molecule has 0 saturated carbocycles. The summed E-state index contributed by atoms with van der Waals surface area (Å²) >= 11 is 0. The monoisotopic (exact) mass is 314 g/mol. The summed E-state index contributed by atoms with van der Waals surface area (Å²) in [5, 5.41) is 2.81. The summed E-state index contributed by atoms with van der Waals surface area (Å²) in [6.07, 6.45) is -5.61. The van der Waals surface area contributed by atoms with Gasteiger partial charge in [0.05, 0.1) is 6.54 Å². The Hall–Kier alpha value is -1.06. The van der Waals surface area contributed by atoms with Gasteiger partial charge >= 0.3 is 6.18 Å². The Morgan fingerprint density at radius 2 is 2.00 bits per heavy atom. The smallest absolute Gasteiger partial charge is 0.389 e. The number of furan rings is 1. The van der Waals surface area contributed by atoms with Gasteiger partial charge in [-0.25, -0.2) is 13.1 Å². The van der Waals surface area contributed by atoms with Crippen LogP contribution in [0.25, 0.3) is 0 Å². The minimum atomic E-state index is -4.28. The first-order chi connectivity index (χ1) is 9.15. The Morgan fingerprint density at radius 3 is 2.55 bits per heavy atom. The highest BCUT2D eigenvalue weighted by molar-refractivity contribution is 7.89. The molecule has 0 aliphatic heterocycles. The molecular weight excluding hydrogens is 297 g/mol. The normalized spacial score (nSPS) is 12.8. The summed E-state index contributed by atoms with van der Waals surface area (Å²) in [5.41, 5.74) is 0. The van der Waals surface area contributed by atoms with E-state index in [4.69, 9.17) is 4.42 Å². The second kappa shape index (κ2) is 6.59. The van der Waals surface area contributed by atoms with E-state index in [1.54, 1.807) is 7.05 Å². The molecule has 0 saturated heterocycles. The SMILES string of the molecule is CNCc1cc(S(=O)(=O)NCCCC(F)(F)F)c(C)o1. The van der Waals surface area contributed by atoms with Gasteiger partial charge in [-0.15, -0.1) is 0 Å². The van der Waals surface area contributed by atoms with Crippen LogP contribution in [0.2, 0.25) is 0 Å². The molecule has 9 heteroatoms. The van der Waals surface area contributed by atoms with E-state index in [0.29, 0.717) is 12.3 Å². The quantitative estimate of drug-likeness (QED) is 0.754. The minimum absolute atomic E-state index is 0.0465. The molecule has 1 aromatic heterocycles. The highest BCUT2D eigenvalue weighted by atomic mass is 32.2. The molecule has 1 aromatic rings. The van der Waals surface area contributed by atoms with Crippen molar-refractivity contribution in [2.75, 3.05) is 13.6 Å². The van der Waals surface area contributed by atoms with Crippen molar-refractivity contribution in [2.24, 2.45) is 0 Å². The molecule has 0 spiro atoms. The van der Waals surface area contributed by atoms with E-state index < -0.39 is 22.6 Å². The predicted octanol–water partition coefficient (Wildman–Crippen LogP) is 1.93. The molecule has 0 bridgehead atoms. The largest absolute Gasteiger partial charge is 0.464 e. The standard InChI is InChI=1S/C11H17F3N2O3S/c1-8-10(6-9(19-8)7-15-2)20(17,18)16-5-3-4-11(12,13)14/h6,15-16H,3-5,7H2,1-2H3. The molecule has 1 heterocycles. The molecule has 0 fully saturated rings. The second-order valence-corrected chi connectivity index (χ2v) is 6.02. The summed E-state index contributed by atoms with van der Waals surface area (Å²) in [6, 6.07) is 1.36. The Bertz CT molecular complexity index is 538. The van der Waals surface area contributed by atoms with E-state index in [1.807, 2.05) is 0 Å². The van der Waals surface area contributed by atoms with E-state index >= 15 is 0 Å². The van der Waals surface area contributed by atoms with E-state index in [1.165, 1.54) is 13.0 Å². The number of alkyl halides is 3. The molecule has 5 nitrogen and oxygen atoms in total. The molecule has 20 heavy (non-hydrogen) atoms. The van der Waals surface area contributed by atoms with E-state index in [0.717, 1.165) is 0 Å². The van der Waals surface area contributed by atoms with Crippen LogP contribution in [0.15, 0.2) is 15.4 Å². The summed E-state index contributed by atoms with van der Waals surface area (Å²) in [5.74, 6) is 0.652. The van der Waals surface area contributed by atoms with Crippen LogP contribution in [-0.4, -0.2) is 28.2 Å². The maximum atomic E-state index is 12.0. The maximum absolute atomic E-state index is 12.0. The summed E-state index contributed by atoms with van der Waals surface area (Å²) in [7, 11) is -2.16. The van der Waals surface area contributed by atoms with Crippen LogP contribution in [0.3, 0.4) is 0 Å². The molecule has 0 aliphatic rings. The average molecular weight is 314 g/mol. The van der Waals surface area contributed by atoms with Crippen LogP contribution in [0.5, 0.6) is 0 Å². The summed E-state index contributed by atoms with van der Waals surface area (Å²) in [4.78, 5) is -0.0465. The third-order valence-electron chi connectivity index (χ3n) is 2.49. The fraction of sp³-hybridized carbons (Fsp3) is 0.636. The molecule has 1 rings (SSSR count). The van der Waals surface area contributed by atoms with Crippen molar-refractivity contribution in [3.8, 4) is 0 Å². The molecule has 0 atom stereocenters. The van der Waals surface area contributed by atoms with Gasteiger partial charge in [0.15, 0.2) is 0 Å². The Labute approximate surface area is 115 Å². The van der Waals surface area contributed by atoms with E-state index in [-0.39, 0.29) is 23.6 Å². The predicted molar refractivity (Wildman–Crippen MR) is 66.7 cm³/mol. The lowest BCUT2D eigenvalue weighted by Gasteiger charge is -2.07. The van der Waals surface area contributed by atoms with Crippen molar-refractivity contribution in [1.82, 2.24) is 10.0 Å².